The smallest absolute Gasteiger partial charge is 0.326 e. The molecule has 0 radical (unpaired) electrons. The van der Waals surface area contributed by atoms with E-state index in [1.54, 1.807) is 0 Å². The molecule has 21 heavy (non-hydrogen) atoms. The summed E-state index contributed by atoms with van der Waals surface area (Å²) in [5.74, 6) is 0.758. The second kappa shape index (κ2) is 6.25. The maximum atomic E-state index is 12.4. The summed E-state index contributed by atoms with van der Waals surface area (Å²) in [7, 11) is 1.53. The largest absolute Gasteiger partial charge is 0.468 e. The van der Waals surface area contributed by atoms with Gasteiger partial charge in [-0.25, -0.2) is 0 Å². The monoisotopic (exact) mass is 294 g/mol. The molecule has 1 aliphatic heterocycles. The van der Waals surface area contributed by atoms with Crippen molar-refractivity contribution in [2.24, 2.45) is 5.92 Å². The molecule has 120 valence electrons. The van der Waals surface area contributed by atoms with Crippen LogP contribution in [0.25, 0.3) is 0 Å². The van der Waals surface area contributed by atoms with Crippen molar-refractivity contribution in [3.63, 3.8) is 0 Å². The number of piperidine rings is 1. The lowest BCUT2D eigenvalue weighted by atomic mass is 9.77. The van der Waals surface area contributed by atoms with Gasteiger partial charge in [0.15, 0.2) is 0 Å². The average Bonchev–Trinajstić information content (AvgIpc) is 3.30. The van der Waals surface area contributed by atoms with E-state index < -0.39 is 5.54 Å². The van der Waals surface area contributed by atoms with Crippen LogP contribution in [0.2, 0.25) is 0 Å². The minimum absolute atomic E-state index is 0.0378. The predicted molar refractivity (Wildman–Crippen MR) is 83.1 cm³/mol. The molecule has 2 saturated carbocycles. The number of likely N-dealkylation sites (tertiary alicyclic amines) is 1. The fraction of sp³-hybridized carbons (Fsp3) is 0.941. The molecule has 0 bridgehead atoms. The Bertz CT molecular complexity index is 383. The zero-order valence-electron chi connectivity index (χ0n) is 13.6. The van der Waals surface area contributed by atoms with Crippen LogP contribution >= 0.6 is 0 Å². The van der Waals surface area contributed by atoms with Gasteiger partial charge in [0.2, 0.25) is 0 Å². The minimum atomic E-state index is -0.417. The molecule has 4 heteroatoms. The Hall–Kier alpha value is -0.610. The lowest BCUT2D eigenvalue weighted by molar-refractivity contribution is -0.151. The van der Waals surface area contributed by atoms with Crippen molar-refractivity contribution in [3.05, 3.63) is 0 Å². The third-order valence-electron chi connectivity index (χ3n) is 5.56. The summed E-state index contributed by atoms with van der Waals surface area (Å²) in [6, 6.07) is 1.09. The summed E-state index contributed by atoms with van der Waals surface area (Å²) in [6.07, 6.45) is 9.32. The molecule has 0 spiro atoms. The number of rotatable bonds is 4. The lowest BCUT2D eigenvalue weighted by Crippen LogP contribution is -2.60. The second-order valence-electron chi connectivity index (χ2n) is 7.48. The van der Waals surface area contributed by atoms with Gasteiger partial charge in [0, 0.05) is 18.6 Å². The number of methoxy groups -OCH3 is 1. The van der Waals surface area contributed by atoms with Crippen LogP contribution in [0.3, 0.4) is 0 Å². The molecule has 0 aromatic carbocycles. The van der Waals surface area contributed by atoms with Crippen LogP contribution in [0.15, 0.2) is 0 Å². The quantitative estimate of drug-likeness (QED) is 0.808. The summed E-state index contributed by atoms with van der Waals surface area (Å²) in [6.45, 7) is 4.76. The van der Waals surface area contributed by atoms with E-state index in [9.17, 15) is 4.79 Å². The van der Waals surface area contributed by atoms with Crippen LogP contribution in [0.5, 0.6) is 0 Å². The summed E-state index contributed by atoms with van der Waals surface area (Å²) in [4.78, 5) is 15.1. The van der Waals surface area contributed by atoms with E-state index in [-0.39, 0.29) is 5.97 Å². The maximum absolute atomic E-state index is 12.4. The molecule has 3 aliphatic rings. The van der Waals surface area contributed by atoms with Crippen molar-refractivity contribution in [1.29, 1.82) is 0 Å². The molecule has 4 nitrogen and oxygen atoms in total. The number of ether oxygens (including phenoxy) is 1. The van der Waals surface area contributed by atoms with Crippen LogP contribution < -0.4 is 5.32 Å². The Balaban J connectivity index is 1.70. The van der Waals surface area contributed by atoms with Crippen LogP contribution in [-0.4, -0.2) is 48.7 Å². The Kier molecular flexibility index (Phi) is 4.55. The standard InChI is InChI=1S/C17H30N2O2/c1-13-5-4-10-19(12-13)15-6-3-9-17(11-15,16(20)21-2)18-14-7-8-14/h13-15,18H,3-12H2,1-2H3. The molecule has 0 aromatic heterocycles. The molecule has 0 amide bonds. The van der Waals surface area contributed by atoms with Crippen molar-refractivity contribution in [2.45, 2.75) is 75.9 Å². The van der Waals surface area contributed by atoms with Gasteiger partial charge in [-0.1, -0.05) is 6.92 Å². The van der Waals surface area contributed by atoms with Crippen LogP contribution in [0, 0.1) is 5.92 Å². The molecule has 0 aromatic rings. The van der Waals surface area contributed by atoms with Gasteiger partial charge in [0.05, 0.1) is 7.11 Å². The van der Waals surface area contributed by atoms with Crippen molar-refractivity contribution >= 4 is 5.97 Å². The topological polar surface area (TPSA) is 41.6 Å². The first-order chi connectivity index (χ1) is 10.1. The number of carbonyl (C=O) groups is 1. The highest BCUT2D eigenvalue weighted by atomic mass is 16.5. The van der Waals surface area contributed by atoms with E-state index in [2.05, 4.69) is 17.1 Å². The number of esters is 1. The maximum Gasteiger partial charge on any atom is 0.326 e. The number of hydrogen-bond acceptors (Lipinski definition) is 4. The SMILES string of the molecule is COC(=O)C1(NC2CC2)CCCC(N2CCCC(C)C2)C1. The van der Waals surface area contributed by atoms with Crippen LogP contribution in [0.1, 0.15) is 58.3 Å². The van der Waals surface area contributed by atoms with E-state index in [0.29, 0.717) is 12.1 Å². The van der Waals surface area contributed by atoms with E-state index in [1.807, 2.05) is 0 Å². The summed E-state index contributed by atoms with van der Waals surface area (Å²) in [5.41, 5.74) is -0.417. The lowest BCUT2D eigenvalue weighted by Gasteiger charge is -2.45. The second-order valence-corrected chi connectivity index (χ2v) is 7.48. The minimum Gasteiger partial charge on any atom is -0.468 e. The Labute approximate surface area is 128 Å². The zero-order valence-corrected chi connectivity index (χ0v) is 13.6. The van der Waals surface area contributed by atoms with Gasteiger partial charge in [-0.2, -0.15) is 0 Å². The highest BCUT2D eigenvalue weighted by molar-refractivity contribution is 5.81. The molecule has 2 aliphatic carbocycles. The van der Waals surface area contributed by atoms with Gasteiger partial charge < -0.3 is 9.64 Å². The van der Waals surface area contributed by atoms with Crippen molar-refractivity contribution in [3.8, 4) is 0 Å². The first-order valence-corrected chi connectivity index (χ1v) is 8.73. The van der Waals surface area contributed by atoms with Gasteiger partial charge in [0.1, 0.15) is 5.54 Å². The molecular formula is C17H30N2O2. The first kappa shape index (κ1) is 15.3. The third kappa shape index (κ3) is 3.42. The third-order valence-corrected chi connectivity index (χ3v) is 5.56. The Morgan fingerprint density at radius 1 is 1.24 bits per heavy atom. The summed E-state index contributed by atoms with van der Waals surface area (Å²) in [5, 5.41) is 3.64. The average molecular weight is 294 g/mol. The predicted octanol–water partition coefficient (Wildman–Crippen LogP) is 2.32. The van der Waals surface area contributed by atoms with Crippen molar-refractivity contribution in [1.82, 2.24) is 10.2 Å². The molecule has 1 saturated heterocycles. The van der Waals surface area contributed by atoms with Gasteiger partial charge in [-0.05, 0) is 63.8 Å². The van der Waals surface area contributed by atoms with Crippen molar-refractivity contribution < 1.29 is 9.53 Å². The molecule has 3 fully saturated rings. The molecule has 3 rings (SSSR count). The normalized spacial score (nSPS) is 38.2. The molecule has 1 N–H and O–H groups in total. The molecule has 1 heterocycles. The van der Waals surface area contributed by atoms with E-state index in [1.165, 1.54) is 52.3 Å². The zero-order chi connectivity index (χ0) is 14.9. The van der Waals surface area contributed by atoms with E-state index in [4.69, 9.17) is 4.74 Å². The fourth-order valence-electron chi connectivity index (χ4n) is 4.30. The van der Waals surface area contributed by atoms with E-state index >= 15 is 0 Å². The van der Waals surface area contributed by atoms with Gasteiger partial charge in [-0.3, -0.25) is 10.1 Å². The van der Waals surface area contributed by atoms with Crippen molar-refractivity contribution in [2.75, 3.05) is 20.2 Å². The van der Waals surface area contributed by atoms with Gasteiger partial charge >= 0.3 is 5.97 Å². The summed E-state index contributed by atoms with van der Waals surface area (Å²) < 4.78 is 5.16. The van der Waals surface area contributed by atoms with Gasteiger partial charge in [0.25, 0.3) is 0 Å². The van der Waals surface area contributed by atoms with Crippen LogP contribution in [-0.2, 0) is 9.53 Å². The Morgan fingerprint density at radius 3 is 2.71 bits per heavy atom. The van der Waals surface area contributed by atoms with E-state index in [0.717, 1.165) is 25.2 Å². The molecule has 3 unspecified atom stereocenters. The van der Waals surface area contributed by atoms with Gasteiger partial charge in [-0.15, -0.1) is 0 Å². The number of nitrogens with zero attached hydrogens (tertiary/aromatic N) is 1. The fourth-order valence-corrected chi connectivity index (χ4v) is 4.30. The summed E-state index contributed by atoms with van der Waals surface area (Å²) >= 11 is 0. The first-order valence-electron chi connectivity index (χ1n) is 8.73. The highest BCUT2D eigenvalue weighted by Gasteiger charge is 2.47. The number of hydrogen-bond donors (Lipinski definition) is 1. The Morgan fingerprint density at radius 2 is 2.05 bits per heavy atom. The highest BCUT2D eigenvalue weighted by Crippen LogP contribution is 2.36. The number of nitrogens with one attached hydrogen (secondary N) is 1. The van der Waals surface area contributed by atoms with Crippen LogP contribution in [0.4, 0.5) is 0 Å². The molecule has 3 atom stereocenters. The molecular weight excluding hydrogens is 264 g/mol. The number of carbonyl (C=O) groups excluding carboxylic acids is 1.